The van der Waals surface area contributed by atoms with Gasteiger partial charge in [0.25, 0.3) is 0 Å². The molecule has 0 radical (unpaired) electrons. The predicted octanol–water partition coefficient (Wildman–Crippen LogP) is 3.76. The maximum Gasteiger partial charge on any atom is 0.0949 e. The molecule has 1 N–H and O–H groups in total. The van der Waals surface area contributed by atoms with E-state index in [4.69, 9.17) is 11.6 Å². The number of H-pyrrole nitrogens is 1. The van der Waals surface area contributed by atoms with Crippen LogP contribution in [0.15, 0.2) is 60.1 Å². The van der Waals surface area contributed by atoms with Crippen molar-refractivity contribution < 1.29 is 0 Å². The lowest BCUT2D eigenvalue weighted by atomic mass is 10.2. The Morgan fingerprint density at radius 3 is 2.63 bits per heavy atom. The van der Waals surface area contributed by atoms with Gasteiger partial charge >= 0.3 is 0 Å². The molecule has 2 heterocycles. The van der Waals surface area contributed by atoms with Gasteiger partial charge < -0.3 is 9.55 Å². The van der Waals surface area contributed by atoms with Crippen molar-refractivity contribution in [2.24, 2.45) is 0 Å². The van der Waals surface area contributed by atoms with Crippen LogP contribution in [0.25, 0.3) is 0 Å². The van der Waals surface area contributed by atoms with Gasteiger partial charge in [0.15, 0.2) is 0 Å². The number of hydrogen-bond acceptors (Lipinski definition) is 2. The van der Waals surface area contributed by atoms with Crippen molar-refractivity contribution >= 4 is 27.5 Å². The van der Waals surface area contributed by atoms with Crippen molar-refractivity contribution in [3.63, 3.8) is 0 Å². The topological polar surface area (TPSA) is 46.5 Å². The Labute approximate surface area is 124 Å². The SMILES string of the molecule is Clc1cc(Br)cc(Cn2ccnc2)c1.c1c[nH]cn1. The second-order valence-electron chi connectivity index (χ2n) is 3.77. The molecule has 0 aliphatic carbocycles. The van der Waals surface area contributed by atoms with E-state index in [2.05, 4.69) is 30.9 Å². The highest BCUT2D eigenvalue weighted by atomic mass is 79.9. The summed E-state index contributed by atoms with van der Waals surface area (Å²) in [6.07, 6.45) is 10.6. The summed E-state index contributed by atoms with van der Waals surface area (Å²) in [4.78, 5) is 10.4. The first-order valence-corrected chi connectivity index (χ1v) is 6.74. The van der Waals surface area contributed by atoms with E-state index < -0.39 is 0 Å². The van der Waals surface area contributed by atoms with Crippen LogP contribution in [0.5, 0.6) is 0 Å². The highest BCUT2D eigenvalue weighted by Crippen LogP contribution is 2.20. The van der Waals surface area contributed by atoms with Crippen LogP contribution in [-0.4, -0.2) is 19.5 Å². The number of nitrogens with one attached hydrogen (secondary N) is 1. The third-order valence-electron chi connectivity index (χ3n) is 2.25. The second kappa shape index (κ2) is 7.11. The monoisotopic (exact) mass is 338 g/mol. The van der Waals surface area contributed by atoms with Crippen LogP contribution in [0, 0.1) is 0 Å². The van der Waals surface area contributed by atoms with Crippen molar-refractivity contribution in [1.29, 1.82) is 0 Å². The minimum absolute atomic E-state index is 0.745. The molecule has 0 saturated heterocycles. The first-order valence-electron chi connectivity index (χ1n) is 5.57. The average Bonchev–Trinajstić information content (AvgIpc) is 3.02. The minimum Gasteiger partial charge on any atom is -0.351 e. The number of halogens is 2. The van der Waals surface area contributed by atoms with Gasteiger partial charge in [-0.1, -0.05) is 27.5 Å². The van der Waals surface area contributed by atoms with Gasteiger partial charge in [0.2, 0.25) is 0 Å². The Balaban J connectivity index is 0.000000224. The van der Waals surface area contributed by atoms with Gasteiger partial charge in [-0.2, -0.15) is 0 Å². The van der Waals surface area contributed by atoms with Gasteiger partial charge in [-0.15, -0.1) is 0 Å². The van der Waals surface area contributed by atoms with Gasteiger partial charge in [0.1, 0.15) is 0 Å². The molecule has 98 valence electrons. The van der Waals surface area contributed by atoms with E-state index in [0.29, 0.717) is 0 Å². The molecule has 0 bridgehead atoms. The molecule has 0 fully saturated rings. The van der Waals surface area contributed by atoms with E-state index in [1.807, 2.05) is 29.0 Å². The lowest BCUT2D eigenvalue weighted by Gasteiger charge is -2.03. The minimum atomic E-state index is 0.745. The van der Waals surface area contributed by atoms with Crippen molar-refractivity contribution in [3.8, 4) is 0 Å². The number of hydrogen-bond donors (Lipinski definition) is 1. The van der Waals surface area contributed by atoms with Crippen LogP contribution >= 0.6 is 27.5 Å². The Morgan fingerprint density at radius 2 is 2.11 bits per heavy atom. The first kappa shape index (κ1) is 13.8. The van der Waals surface area contributed by atoms with Crippen molar-refractivity contribution in [2.45, 2.75) is 6.54 Å². The van der Waals surface area contributed by atoms with Crippen LogP contribution in [0.1, 0.15) is 5.56 Å². The van der Waals surface area contributed by atoms with E-state index in [9.17, 15) is 0 Å². The maximum absolute atomic E-state index is 5.94. The molecule has 0 atom stereocenters. The number of rotatable bonds is 2. The molecule has 0 unspecified atom stereocenters. The smallest absolute Gasteiger partial charge is 0.0949 e. The first-order chi connectivity index (χ1) is 9.24. The molecule has 4 nitrogen and oxygen atoms in total. The largest absolute Gasteiger partial charge is 0.351 e. The number of imidazole rings is 2. The molecule has 1 aromatic carbocycles. The Hall–Kier alpha value is -1.59. The van der Waals surface area contributed by atoms with E-state index in [-0.39, 0.29) is 0 Å². The summed E-state index contributed by atoms with van der Waals surface area (Å²) >= 11 is 9.34. The van der Waals surface area contributed by atoms with Gasteiger partial charge in [-0.3, -0.25) is 0 Å². The van der Waals surface area contributed by atoms with E-state index in [1.54, 1.807) is 31.2 Å². The van der Waals surface area contributed by atoms with Gasteiger partial charge in [0, 0.05) is 40.8 Å². The van der Waals surface area contributed by atoms with E-state index >= 15 is 0 Å². The lowest BCUT2D eigenvalue weighted by molar-refractivity contribution is 0.797. The fourth-order valence-corrected chi connectivity index (χ4v) is 2.44. The molecule has 3 rings (SSSR count). The lowest BCUT2D eigenvalue weighted by Crippen LogP contribution is -1.96. The summed E-state index contributed by atoms with van der Waals surface area (Å²) in [6.45, 7) is 0.791. The quantitative estimate of drug-likeness (QED) is 0.773. The van der Waals surface area contributed by atoms with E-state index in [1.165, 1.54) is 0 Å². The van der Waals surface area contributed by atoms with E-state index in [0.717, 1.165) is 21.6 Å². The molecule has 0 aliphatic heterocycles. The van der Waals surface area contributed by atoms with Gasteiger partial charge in [0.05, 0.1) is 12.7 Å². The molecular formula is C13H12BrClN4. The Kier molecular flexibility index (Phi) is 5.18. The fraction of sp³-hybridized carbons (Fsp3) is 0.0769. The summed E-state index contributed by atoms with van der Waals surface area (Å²) in [5.74, 6) is 0. The summed E-state index contributed by atoms with van der Waals surface area (Å²) in [5, 5.41) is 0.745. The Bertz CT molecular complexity index is 556. The molecule has 0 spiro atoms. The van der Waals surface area contributed by atoms with Crippen LogP contribution in [-0.2, 0) is 6.54 Å². The highest BCUT2D eigenvalue weighted by molar-refractivity contribution is 9.10. The summed E-state index contributed by atoms with van der Waals surface area (Å²) in [6, 6.07) is 5.87. The van der Waals surface area contributed by atoms with Crippen molar-refractivity contribution in [2.75, 3.05) is 0 Å². The highest BCUT2D eigenvalue weighted by Gasteiger charge is 1.98. The zero-order chi connectivity index (χ0) is 13.5. The van der Waals surface area contributed by atoms with Crippen LogP contribution in [0.2, 0.25) is 5.02 Å². The predicted molar refractivity (Wildman–Crippen MR) is 79.1 cm³/mol. The molecule has 2 aromatic heterocycles. The molecule has 3 aromatic rings. The van der Waals surface area contributed by atoms with Crippen LogP contribution in [0.4, 0.5) is 0 Å². The van der Waals surface area contributed by atoms with Crippen molar-refractivity contribution in [1.82, 2.24) is 19.5 Å². The summed E-state index contributed by atoms with van der Waals surface area (Å²) in [7, 11) is 0. The van der Waals surface area contributed by atoms with Gasteiger partial charge in [-0.05, 0) is 23.8 Å². The third-order valence-corrected chi connectivity index (χ3v) is 2.93. The standard InChI is InChI=1S/C10H8BrClN2.C3H4N2/c11-9-3-8(4-10(12)5-9)6-14-2-1-13-7-14;1-2-5-3-4-1/h1-5,7H,6H2;1-3H,(H,4,5). The molecule has 0 amide bonds. The molecular weight excluding hydrogens is 328 g/mol. The zero-order valence-corrected chi connectivity index (χ0v) is 12.3. The molecule has 19 heavy (non-hydrogen) atoms. The number of aromatic nitrogens is 4. The summed E-state index contributed by atoms with van der Waals surface area (Å²) < 4.78 is 3.00. The number of benzene rings is 1. The van der Waals surface area contributed by atoms with Crippen LogP contribution in [0.3, 0.4) is 0 Å². The molecule has 0 aliphatic rings. The van der Waals surface area contributed by atoms with Crippen LogP contribution < -0.4 is 0 Å². The number of nitrogens with zero attached hydrogens (tertiary/aromatic N) is 3. The fourth-order valence-electron chi connectivity index (χ4n) is 1.51. The normalized spacial score (nSPS) is 9.79. The maximum atomic E-state index is 5.94. The third kappa shape index (κ3) is 4.89. The summed E-state index contributed by atoms with van der Waals surface area (Å²) in [5.41, 5.74) is 1.15. The number of aromatic amines is 1. The average molecular weight is 340 g/mol. The van der Waals surface area contributed by atoms with Crippen molar-refractivity contribution in [3.05, 3.63) is 70.7 Å². The molecule has 0 saturated carbocycles. The second-order valence-corrected chi connectivity index (χ2v) is 5.13. The van der Waals surface area contributed by atoms with Gasteiger partial charge in [-0.25, -0.2) is 9.97 Å². The zero-order valence-electron chi connectivity index (χ0n) is 10.0. The molecule has 6 heteroatoms. The Morgan fingerprint density at radius 1 is 1.21 bits per heavy atom.